The molecule has 1 N–H and O–H groups in total. The molecule has 3 aromatic carbocycles. The highest BCUT2D eigenvalue weighted by atomic mass is 32.2. The summed E-state index contributed by atoms with van der Waals surface area (Å²) in [4.78, 5) is 29.1. The number of unbranched alkanes of at least 4 members (excludes halogenated alkanes) is 1. The molecule has 0 bridgehead atoms. The third kappa shape index (κ3) is 8.96. The second-order valence-electron chi connectivity index (χ2n) is 9.97. The van der Waals surface area contributed by atoms with Crippen LogP contribution in [0.25, 0.3) is 0 Å². The number of aryl methyl sites for hydroxylation is 2. The van der Waals surface area contributed by atoms with E-state index in [1.54, 1.807) is 18.2 Å². The first kappa shape index (κ1) is 29.9. The van der Waals surface area contributed by atoms with Crippen molar-refractivity contribution in [1.29, 1.82) is 0 Å². The Hall–Kier alpha value is -3.65. The Bertz CT molecular complexity index is 1340. The Morgan fingerprint density at radius 3 is 2.18 bits per heavy atom. The van der Waals surface area contributed by atoms with E-state index in [0.29, 0.717) is 18.7 Å². The molecule has 0 fully saturated rings. The van der Waals surface area contributed by atoms with Gasteiger partial charge in [-0.25, -0.2) is 8.42 Å². The third-order valence-corrected chi connectivity index (χ3v) is 7.68. The Morgan fingerprint density at radius 1 is 0.872 bits per heavy atom. The summed E-state index contributed by atoms with van der Waals surface area (Å²) in [5.41, 5.74) is 4.14. The highest BCUT2D eigenvalue weighted by molar-refractivity contribution is 7.92. The van der Waals surface area contributed by atoms with Gasteiger partial charge in [0, 0.05) is 19.5 Å². The van der Waals surface area contributed by atoms with Crippen LogP contribution < -0.4 is 9.62 Å². The van der Waals surface area contributed by atoms with Gasteiger partial charge in [-0.05, 0) is 49.1 Å². The minimum Gasteiger partial charge on any atom is -0.354 e. The molecule has 0 unspecified atom stereocenters. The maximum Gasteiger partial charge on any atom is 0.244 e. The van der Waals surface area contributed by atoms with Crippen molar-refractivity contribution in [2.75, 3.05) is 23.7 Å². The summed E-state index contributed by atoms with van der Waals surface area (Å²) < 4.78 is 26.8. The van der Waals surface area contributed by atoms with Gasteiger partial charge in [0.15, 0.2) is 0 Å². The highest BCUT2D eigenvalue weighted by Gasteiger charge is 2.33. The smallest absolute Gasteiger partial charge is 0.244 e. The number of carbonyl (C=O) groups excluding carboxylic acids is 2. The standard InChI is InChI=1S/C31H39N3O4S/c1-5-6-19-32-31(36)29(21-26-12-8-7-9-13-26)33(22-27-17-15-24(2)16-18-27)30(35)23-34(39(4,37)38)28-14-10-11-25(3)20-28/h7-18,20,29H,5-6,19,21-23H2,1-4H3,(H,32,36)/t29-/m1/s1. The molecular formula is C31H39N3O4S. The van der Waals surface area contributed by atoms with Crippen LogP contribution in [0.1, 0.15) is 42.0 Å². The van der Waals surface area contributed by atoms with Crippen LogP contribution in [-0.2, 0) is 32.6 Å². The molecule has 0 saturated carbocycles. The summed E-state index contributed by atoms with van der Waals surface area (Å²) >= 11 is 0. The predicted molar refractivity (Wildman–Crippen MR) is 157 cm³/mol. The fraction of sp³-hybridized carbons (Fsp3) is 0.355. The van der Waals surface area contributed by atoms with Crippen molar-refractivity contribution >= 4 is 27.5 Å². The number of hydrogen-bond donors (Lipinski definition) is 1. The summed E-state index contributed by atoms with van der Waals surface area (Å²) in [7, 11) is -3.78. The Morgan fingerprint density at radius 2 is 1.56 bits per heavy atom. The van der Waals surface area contributed by atoms with E-state index in [9.17, 15) is 18.0 Å². The van der Waals surface area contributed by atoms with Gasteiger partial charge in [0.05, 0.1) is 11.9 Å². The van der Waals surface area contributed by atoms with Crippen LogP contribution in [0.4, 0.5) is 5.69 Å². The zero-order valence-electron chi connectivity index (χ0n) is 23.3. The quantitative estimate of drug-likeness (QED) is 0.315. The average molecular weight is 550 g/mol. The first-order valence-electron chi connectivity index (χ1n) is 13.3. The maximum absolute atomic E-state index is 14.0. The van der Waals surface area contributed by atoms with Crippen LogP contribution in [0, 0.1) is 13.8 Å². The molecule has 0 spiro atoms. The number of carbonyl (C=O) groups is 2. The van der Waals surface area contributed by atoms with Gasteiger partial charge >= 0.3 is 0 Å². The van der Waals surface area contributed by atoms with E-state index in [4.69, 9.17) is 0 Å². The van der Waals surface area contributed by atoms with E-state index in [-0.39, 0.29) is 12.5 Å². The number of rotatable bonds is 13. The summed E-state index contributed by atoms with van der Waals surface area (Å²) in [5, 5.41) is 2.99. The predicted octanol–water partition coefficient (Wildman–Crippen LogP) is 4.63. The van der Waals surface area contributed by atoms with Gasteiger partial charge in [-0.3, -0.25) is 13.9 Å². The molecule has 3 rings (SSSR count). The van der Waals surface area contributed by atoms with Gasteiger partial charge in [0.2, 0.25) is 21.8 Å². The molecule has 0 aliphatic carbocycles. The molecule has 0 radical (unpaired) electrons. The van der Waals surface area contributed by atoms with Gasteiger partial charge in [-0.2, -0.15) is 0 Å². The second-order valence-corrected chi connectivity index (χ2v) is 11.9. The Balaban J connectivity index is 2.02. The van der Waals surface area contributed by atoms with E-state index in [1.165, 1.54) is 4.90 Å². The van der Waals surface area contributed by atoms with Gasteiger partial charge in [0.1, 0.15) is 12.6 Å². The summed E-state index contributed by atoms with van der Waals surface area (Å²) in [6.45, 7) is 6.16. The number of nitrogens with zero attached hydrogens (tertiary/aromatic N) is 2. The van der Waals surface area contributed by atoms with Crippen LogP contribution in [0.5, 0.6) is 0 Å². The minimum atomic E-state index is -3.78. The molecule has 3 aromatic rings. The topological polar surface area (TPSA) is 86.8 Å². The lowest BCUT2D eigenvalue weighted by molar-refractivity contribution is -0.140. The Labute approximate surface area is 232 Å². The molecule has 208 valence electrons. The first-order chi connectivity index (χ1) is 18.6. The number of anilines is 1. The Kier molecular flexibility index (Phi) is 10.7. The zero-order chi connectivity index (χ0) is 28.4. The molecule has 8 heteroatoms. The highest BCUT2D eigenvalue weighted by Crippen LogP contribution is 2.21. The molecular weight excluding hydrogens is 510 g/mol. The SMILES string of the molecule is CCCCNC(=O)[C@@H](Cc1ccccc1)N(Cc1ccc(C)cc1)C(=O)CN(c1cccc(C)c1)S(C)(=O)=O. The van der Waals surface area contributed by atoms with Crippen LogP contribution >= 0.6 is 0 Å². The van der Waals surface area contributed by atoms with Crippen molar-refractivity contribution in [3.05, 3.63) is 101 Å². The van der Waals surface area contributed by atoms with Crippen molar-refractivity contribution in [2.45, 2.75) is 52.6 Å². The van der Waals surface area contributed by atoms with Crippen molar-refractivity contribution in [3.8, 4) is 0 Å². The van der Waals surface area contributed by atoms with Gasteiger partial charge in [-0.15, -0.1) is 0 Å². The molecule has 0 aliphatic rings. The number of benzene rings is 3. The summed E-state index contributed by atoms with van der Waals surface area (Å²) in [6.07, 6.45) is 3.14. The minimum absolute atomic E-state index is 0.170. The van der Waals surface area contributed by atoms with Crippen molar-refractivity contribution in [2.24, 2.45) is 0 Å². The molecule has 39 heavy (non-hydrogen) atoms. The lowest BCUT2D eigenvalue weighted by Gasteiger charge is -2.33. The maximum atomic E-state index is 14.0. The van der Waals surface area contributed by atoms with Crippen LogP contribution in [-0.4, -0.2) is 50.5 Å². The third-order valence-electron chi connectivity index (χ3n) is 6.54. The van der Waals surface area contributed by atoms with Crippen molar-refractivity contribution < 1.29 is 18.0 Å². The number of hydrogen-bond acceptors (Lipinski definition) is 4. The van der Waals surface area contributed by atoms with E-state index in [2.05, 4.69) is 5.32 Å². The van der Waals surface area contributed by atoms with E-state index < -0.39 is 28.5 Å². The summed E-state index contributed by atoms with van der Waals surface area (Å²) in [6, 6.07) is 23.5. The number of sulfonamides is 1. The zero-order valence-corrected chi connectivity index (χ0v) is 24.1. The van der Waals surface area contributed by atoms with Crippen LogP contribution in [0.15, 0.2) is 78.9 Å². The normalized spacial score (nSPS) is 12.0. The van der Waals surface area contributed by atoms with E-state index in [1.807, 2.05) is 81.4 Å². The average Bonchev–Trinajstić information content (AvgIpc) is 2.90. The molecule has 0 aliphatic heterocycles. The fourth-order valence-electron chi connectivity index (χ4n) is 4.35. The monoisotopic (exact) mass is 549 g/mol. The lowest BCUT2D eigenvalue weighted by atomic mass is 10.0. The molecule has 0 heterocycles. The van der Waals surface area contributed by atoms with Gasteiger partial charge in [-0.1, -0.05) is 85.6 Å². The van der Waals surface area contributed by atoms with Gasteiger partial charge in [0.25, 0.3) is 0 Å². The number of amides is 2. The number of nitrogens with one attached hydrogen (secondary N) is 1. The fourth-order valence-corrected chi connectivity index (χ4v) is 5.19. The lowest BCUT2D eigenvalue weighted by Crippen LogP contribution is -2.53. The van der Waals surface area contributed by atoms with Crippen molar-refractivity contribution in [3.63, 3.8) is 0 Å². The molecule has 2 amide bonds. The van der Waals surface area contributed by atoms with E-state index >= 15 is 0 Å². The van der Waals surface area contributed by atoms with E-state index in [0.717, 1.165) is 45.7 Å². The summed E-state index contributed by atoms with van der Waals surface area (Å²) in [5.74, 6) is -0.705. The molecule has 1 atom stereocenters. The largest absolute Gasteiger partial charge is 0.354 e. The first-order valence-corrected chi connectivity index (χ1v) is 15.1. The molecule has 7 nitrogen and oxygen atoms in total. The van der Waals surface area contributed by atoms with Crippen molar-refractivity contribution in [1.82, 2.24) is 10.2 Å². The molecule has 0 aromatic heterocycles. The van der Waals surface area contributed by atoms with Crippen LogP contribution in [0.2, 0.25) is 0 Å². The van der Waals surface area contributed by atoms with Gasteiger partial charge < -0.3 is 10.2 Å². The van der Waals surface area contributed by atoms with Crippen LogP contribution in [0.3, 0.4) is 0 Å². The molecule has 0 saturated heterocycles. The second kappa shape index (κ2) is 13.9.